The van der Waals surface area contributed by atoms with E-state index in [1.807, 2.05) is 19.2 Å². The number of likely N-dealkylation sites (N-methyl/N-ethyl adjacent to an activating group) is 1. The van der Waals surface area contributed by atoms with Crippen molar-refractivity contribution in [2.75, 3.05) is 18.9 Å². The summed E-state index contributed by atoms with van der Waals surface area (Å²) in [5.41, 5.74) is 3.81. The lowest BCUT2D eigenvalue weighted by atomic mass is 10.1. The van der Waals surface area contributed by atoms with Crippen molar-refractivity contribution >= 4 is 17.4 Å². The summed E-state index contributed by atoms with van der Waals surface area (Å²) in [6.07, 6.45) is 2.09. The SMILES string of the molecule is CC(=O)c1ccccc1NC(=O)CN(C)[C@H]1CCc2ccccc21. The summed E-state index contributed by atoms with van der Waals surface area (Å²) < 4.78 is 0. The zero-order chi connectivity index (χ0) is 17.1. The monoisotopic (exact) mass is 322 g/mol. The Hall–Kier alpha value is -2.46. The predicted molar refractivity (Wildman–Crippen MR) is 95.2 cm³/mol. The Morgan fingerprint density at radius 2 is 1.83 bits per heavy atom. The number of para-hydroxylation sites is 1. The third kappa shape index (κ3) is 3.39. The van der Waals surface area contributed by atoms with Crippen LogP contribution < -0.4 is 5.32 Å². The van der Waals surface area contributed by atoms with Crippen LogP contribution in [0.25, 0.3) is 0 Å². The van der Waals surface area contributed by atoms with E-state index in [0.29, 0.717) is 17.8 Å². The number of hydrogen-bond acceptors (Lipinski definition) is 3. The summed E-state index contributed by atoms with van der Waals surface area (Å²) >= 11 is 0. The van der Waals surface area contributed by atoms with Gasteiger partial charge in [-0.15, -0.1) is 0 Å². The molecule has 0 bridgehead atoms. The van der Waals surface area contributed by atoms with E-state index in [1.165, 1.54) is 18.1 Å². The highest BCUT2D eigenvalue weighted by molar-refractivity contribution is 6.04. The number of nitrogens with zero attached hydrogens (tertiary/aromatic N) is 1. The molecule has 1 atom stereocenters. The molecular formula is C20H22N2O2. The van der Waals surface area contributed by atoms with Gasteiger partial charge in [0.2, 0.25) is 5.91 Å². The fourth-order valence-electron chi connectivity index (χ4n) is 3.42. The Labute approximate surface area is 142 Å². The summed E-state index contributed by atoms with van der Waals surface area (Å²) in [7, 11) is 1.98. The van der Waals surface area contributed by atoms with Crippen LogP contribution in [-0.4, -0.2) is 30.2 Å². The lowest BCUT2D eigenvalue weighted by Gasteiger charge is -2.24. The molecule has 3 rings (SSSR count). The standard InChI is InChI=1S/C20H22N2O2/c1-14(23)16-8-5-6-10-18(16)21-20(24)13-22(2)19-12-11-15-7-3-4-9-17(15)19/h3-10,19H,11-13H2,1-2H3,(H,21,24)/t19-/m0/s1. The number of anilines is 1. The van der Waals surface area contributed by atoms with Gasteiger partial charge in [0.1, 0.15) is 0 Å². The van der Waals surface area contributed by atoms with Crippen LogP contribution >= 0.6 is 0 Å². The predicted octanol–water partition coefficient (Wildman–Crippen LogP) is 3.45. The molecule has 0 aliphatic heterocycles. The van der Waals surface area contributed by atoms with E-state index >= 15 is 0 Å². The number of fused-ring (bicyclic) bond motifs is 1. The van der Waals surface area contributed by atoms with Gasteiger partial charge in [0.05, 0.1) is 12.2 Å². The van der Waals surface area contributed by atoms with E-state index in [0.717, 1.165) is 12.8 Å². The van der Waals surface area contributed by atoms with Crippen molar-refractivity contribution in [1.82, 2.24) is 4.90 Å². The molecule has 1 N–H and O–H groups in total. The maximum absolute atomic E-state index is 12.4. The highest BCUT2D eigenvalue weighted by Gasteiger charge is 2.26. The van der Waals surface area contributed by atoms with E-state index < -0.39 is 0 Å². The van der Waals surface area contributed by atoms with Crippen molar-refractivity contribution in [1.29, 1.82) is 0 Å². The van der Waals surface area contributed by atoms with Crippen LogP contribution in [0.3, 0.4) is 0 Å². The summed E-state index contributed by atoms with van der Waals surface area (Å²) in [6, 6.07) is 15.8. The fourth-order valence-corrected chi connectivity index (χ4v) is 3.42. The van der Waals surface area contributed by atoms with E-state index in [-0.39, 0.29) is 17.7 Å². The van der Waals surface area contributed by atoms with Gasteiger partial charge in [0, 0.05) is 11.6 Å². The molecular weight excluding hydrogens is 300 g/mol. The first-order chi connectivity index (χ1) is 11.6. The van der Waals surface area contributed by atoms with Crippen molar-refractivity contribution in [3.05, 3.63) is 65.2 Å². The lowest BCUT2D eigenvalue weighted by Crippen LogP contribution is -2.32. The first kappa shape index (κ1) is 16.4. The minimum absolute atomic E-state index is 0.0519. The molecule has 4 heteroatoms. The number of aryl methyl sites for hydroxylation is 1. The molecule has 2 aromatic carbocycles. The minimum Gasteiger partial charge on any atom is -0.324 e. The number of carbonyl (C=O) groups is 2. The minimum atomic E-state index is -0.101. The van der Waals surface area contributed by atoms with Crippen molar-refractivity contribution in [3.8, 4) is 0 Å². The zero-order valence-electron chi connectivity index (χ0n) is 14.1. The maximum atomic E-state index is 12.4. The molecule has 124 valence electrons. The molecule has 0 radical (unpaired) electrons. The van der Waals surface area contributed by atoms with Crippen LogP contribution in [0.1, 0.15) is 40.9 Å². The van der Waals surface area contributed by atoms with Gasteiger partial charge < -0.3 is 5.32 Å². The lowest BCUT2D eigenvalue weighted by molar-refractivity contribution is -0.117. The molecule has 0 unspecified atom stereocenters. The van der Waals surface area contributed by atoms with Crippen LogP contribution in [0.4, 0.5) is 5.69 Å². The number of hydrogen-bond donors (Lipinski definition) is 1. The second-order valence-corrected chi connectivity index (χ2v) is 6.32. The molecule has 0 saturated carbocycles. The van der Waals surface area contributed by atoms with Gasteiger partial charge in [-0.3, -0.25) is 14.5 Å². The molecule has 0 spiro atoms. The topological polar surface area (TPSA) is 49.4 Å². The molecule has 24 heavy (non-hydrogen) atoms. The highest BCUT2D eigenvalue weighted by Crippen LogP contribution is 2.34. The van der Waals surface area contributed by atoms with Crippen LogP contribution in [0.15, 0.2) is 48.5 Å². The van der Waals surface area contributed by atoms with Crippen molar-refractivity contribution < 1.29 is 9.59 Å². The van der Waals surface area contributed by atoms with Gasteiger partial charge in [0.25, 0.3) is 0 Å². The Balaban J connectivity index is 1.67. The average molecular weight is 322 g/mol. The van der Waals surface area contributed by atoms with E-state index in [2.05, 4.69) is 28.4 Å². The number of ketones is 1. The van der Waals surface area contributed by atoms with Crippen LogP contribution in [-0.2, 0) is 11.2 Å². The van der Waals surface area contributed by atoms with E-state index in [1.54, 1.807) is 18.2 Å². The second kappa shape index (κ2) is 6.97. The molecule has 0 aromatic heterocycles. The van der Waals surface area contributed by atoms with Gasteiger partial charge in [-0.25, -0.2) is 0 Å². The molecule has 1 aliphatic rings. The van der Waals surface area contributed by atoms with Gasteiger partial charge in [0.15, 0.2) is 5.78 Å². The average Bonchev–Trinajstić information content (AvgIpc) is 2.99. The van der Waals surface area contributed by atoms with Gasteiger partial charge in [-0.2, -0.15) is 0 Å². The molecule has 1 amide bonds. The molecule has 1 aliphatic carbocycles. The Morgan fingerprint density at radius 1 is 1.12 bits per heavy atom. The smallest absolute Gasteiger partial charge is 0.238 e. The fraction of sp³-hybridized carbons (Fsp3) is 0.300. The summed E-state index contributed by atoms with van der Waals surface area (Å²) in [5.74, 6) is -0.153. The van der Waals surface area contributed by atoms with Crippen molar-refractivity contribution in [3.63, 3.8) is 0 Å². The van der Waals surface area contributed by atoms with Crippen molar-refractivity contribution in [2.24, 2.45) is 0 Å². The first-order valence-corrected chi connectivity index (χ1v) is 8.24. The summed E-state index contributed by atoms with van der Waals surface area (Å²) in [5, 5.41) is 2.87. The van der Waals surface area contributed by atoms with E-state index in [9.17, 15) is 9.59 Å². The first-order valence-electron chi connectivity index (χ1n) is 8.24. The quantitative estimate of drug-likeness (QED) is 0.858. The van der Waals surface area contributed by atoms with Crippen LogP contribution in [0, 0.1) is 0 Å². The third-order valence-corrected chi connectivity index (χ3v) is 4.61. The van der Waals surface area contributed by atoms with Gasteiger partial charge >= 0.3 is 0 Å². The van der Waals surface area contributed by atoms with E-state index in [4.69, 9.17) is 0 Å². The van der Waals surface area contributed by atoms with Crippen LogP contribution in [0.5, 0.6) is 0 Å². The number of carbonyl (C=O) groups excluding carboxylic acids is 2. The summed E-state index contributed by atoms with van der Waals surface area (Å²) in [6.45, 7) is 1.80. The highest BCUT2D eigenvalue weighted by atomic mass is 16.2. The summed E-state index contributed by atoms with van der Waals surface area (Å²) in [4.78, 5) is 26.1. The molecule has 2 aromatic rings. The second-order valence-electron chi connectivity index (χ2n) is 6.32. The zero-order valence-corrected chi connectivity index (χ0v) is 14.1. The molecule has 0 saturated heterocycles. The Bertz CT molecular complexity index is 770. The number of benzene rings is 2. The van der Waals surface area contributed by atoms with Gasteiger partial charge in [-0.05, 0) is 50.1 Å². The third-order valence-electron chi connectivity index (χ3n) is 4.61. The largest absolute Gasteiger partial charge is 0.324 e. The Kier molecular flexibility index (Phi) is 4.76. The number of Topliss-reactive ketones (excluding diaryl/α,β-unsaturated/α-hetero) is 1. The van der Waals surface area contributed by atoms with Gasteiger partial charge in [-0.1, -0.05) is 36.4 Å². The number of nitrogens with one attached hydrogen (secondary N) is 1. The maximum Gasteiger partial charge on any atom is 0.238 e. The number of amides is 1. The molecule has 4 nitrogen and oxygen atoms in total. The van der Waals surface area contributed by atoms with Crippen LogP contribution in [0.2, 0.25) is 0 Å². The molecule has 0 fully saturated rings. The Morgan fingerprint density at radius 3 is 2.62 bits per heavy atom. The normalized spacial score (nSPS) is 16.0. The molecule has 0 heterocycles. The van der Waals surface area contributed by atoms with Crippen molar-refractivity contribution in [2.45, 2.75) is 25.8 Å². The number of rotatable bonds is 5.